The number of ether oxygens (including phenoxy) is 1. The van der Waals surface area contributed by atoms with Gasteiger partial charge in [-0.15, -0.1) is 0 Å². The Kier molecular flexibility index (Phi) is 9.79. The fourth-order valence-electron chi connectivity index (χ4n) is 5.80. The minimum Gasteiger partial charge on any atom is -0.469 e. The van der Waals surface area contributed by atoms with Crippen molar-refractivity contribution in [2.24, 2.45) is 23.7 Å². The van der Waals surface area contributed by atoms with Crippen LogP contribution in [0.1, 0.15) is 77.0 Å². The van der Waals surface area contributed by atoms with Gasteiger partial charge in [-0.25, -0.2) is 0 Å². The summed E-state index contributed by atoms with van der Waals surface area (Å²) in [5.74, 6) is 1.05. The first kappa shape index (κ1) is 25.0. The average molecular weight is 448 g/mol. The fourth-order valence-corrected chi connectivity index (χ4v) is 5.80. The maximum absolute atomic E-state index is 11.9. The van der Waals surface area contributed by atoms with Gasteiger partial charge in [-0.2, -0.15) is 0 Å². The molecule has 180 valence electrons. The van der Waals surface area contributed by atoms with Crippen molar-refractivity contribution in [2.75, 3.05) is 13.7 Å². The number of esters is 1. The largest absolute Gasteiger partial charge is 0.469 e. The Labute approximate surface area is 192 Å². The molecule has 3 aliphatic rings. The summed E-state index contributed by atoms with van der Waals surface area (Å²) in [6, 6.07) is 0. The first-order valence-electron chi connectivity index (χ1n) is 12.6. The summed E-state index contributed by atoms with van der Waals surface area (Å²) < 4.78 is 4.56. The average Bonchev–Trinajstić information content (AvgIpc) is 3.31. The highest BCUT2D eigenvalue weighted by Crippen LogP contribution is 2.48. The minimum atomic E-state index is -0.380. The second kappa shape index (κ2) is 12.5. The number of hydrogen-bond acceptors (Lipinski definition) is 5. The van der Waals surface area contributed by atoms with Crippen molar-refractivity contribution in [2.45, 2.75) is 89.3 Å². The quantitative estimate of drug-likeness (QED) is 0.255. The summed E-state index contributed by atoms with van der Waals surface area (Å²) in [5.41, 5.74) is 1.45. The van der Waals surface area contributed by atoms with E-state index in [0.717, 1.165) is 44.9 Å². The van der Waals surface area contributed by atoms with Crippen LogP contribution in [0.15, 0.2) is 23.8 Å². The highest BCUT2D eigenvalue weighted by Gasteiger charge is 2.43. The van der Waals surface area contributed by atoms with Crippen LogP contribution in [0.5, 0.6) is 0 Å². The molecule has 5 atom stereocenters. The molecule has 32 heavy (non-hydrogen) atoms. The van der Waals surface area contributed by atoms with Crippen LogP contribution in [0, 0.1) is 23.7 Å². The standard InChI is InChI=1S/C26H41NO5/c1-32-26(31)13-14-27-25(30)10-6-5-7-18-15-20-17-24(29)21(22(20)16-18)11-12-23(28)19-8-3-2-4-9-19/h11-12,15,19-24,28-29H,2-10,13-14,16-17H2,1H3,(H,27,30)/t20-,21+,22-,23+,24+/m0/s1. The maximum Gasteiger partial charge on any atom is 0.307 e. The van der Waals surface area contributed by atoms with Gasteiger partial charge in [0.25, 0.3) is 0 Å². The summed E-state index contributed by atoms with van der Waals surface area (Å²) in [7, 11) is 1.34. The molecule has 3 rings (SSSR count). The van der Waals surface area contributed by atoms with Gasteiger partial charge in [-0.3, -0.25) is 9.59 Å². The third kappa shape index (κ3) is 7.17. The number of carbonyl (C=O) groups is 2. The van der Waals surface area contributed by atoms with Gasteiger partial charge in [0.05, 0.1) is 25.7 Å². The highest BCUT2D eigenvalue weighted by molar-refractivity contribution is 5.76. The molecule has 0 bridgehead atoms. The zero-order valence-electron chi connectivity index (χ0n) is 19.5. The number of unbranched alkanes of at least 4 members (excludes halogenated alkanes) is 1. The number of fused-ring (bicyclic) bond motifs is 1. The van der Waals surface area contributed by atoms with E-state index in [1.807, 2.05) is 6.08 Å². The molecule has 2 fully saturated rings. The van der Waals surface area contributed by atoms with E-state index < -0.39 is 0 Å². The van der Waals surface area contributed by atoms with Crippen LogP contribution in [0.25, 0.3) is 0 Å². The Balaban J connectivity index is 1.36. The predicted octanol–water partition coefficient (Wildman–Crippen LogP) is 3.67. The third-order valence-electron chi connectivity index (χ3n) is 7.64. The third-order valence-corrected chi connectivity index (χ3v) is 7.64. The van der Waals surface area contributed by atoms with Gasteiger partial charge >= 0.3 is 5.97 Å². The molecule has 0 heterocycles. The molecular weight excluding hydrogens is 406 g/mol. The van der Waals surface area contributed by atoms with Crippen molar-refractivity contribution in [3.63, 3.8) is 0 Å². The van der Waals surface area contributed by atoms with E-state index in [-0.39, 0.29) is 36.4 Å². The van der Waals surface area contributed by atoms with Crippen molar-refractivity contribution >= 4 is 11.9 Å². The van der Waals surface area contributed by atoms with Crippen molar-refractivity contribution < 1.29 is 24.5 Å². The van der Waals surface area contributed by atoms with E-state index in [1.54, 1.807) is 0 Å². The molecule has 0 aromatic heterocycles. The van der Waals surface area contributed by atoms with Gasteiger partial charge < -0.3 is 20.3 Å². The lowest BCUT2D eigenvalue weighted by Crippen LogP contribution is -2.25. The second-order valence-corrected chi connectivity index (χ2v) is 9.89. The lowest BCUT2D eigenvalue weighted by atomic mass is 9.83. The van der Waals surface area contributed by atoms with Crippen molar-refractivity contribution in [3.8, 4) is 0 Å². The van der Waals surface area contributed by atoms with E-state index in [0.29, 0.717) is 30.7 Å². The number of rotatable bonds is 11. The van der Waals surface area contributed by atoms with E-state index >= 15 is 0 Å². The summed E-state index contributed by atoms with van der Waals surface area (Å²) in [6.07, 6.45) is 17.0. The first-order valence-corrected chi connectivity index (χ1v) is 12.6. The van der Waals surface area contributed by atoms with Crippen LogP contribution in [0.2, 0.25) is 0 Å². The number of aliphatic hydroxyl groups excluding tert-OH is 2. The summed E-state index contributed by atoms with van der Waals surface area (Å²) in [4.78, 5) is 22.9. The van der Waals surface area contributed by atoms with E-state index in [9.17, 15) is 19.8 Å². The van der Waals surface area contributed by atoms with Crippen molar-refractivity contribution in [1.29, 1.82) is 0 Å². The topological polar surface area (TPSA) is 95.9 Å². The van der Waals surface area contributed by atoms with Gasteiger partial charge in [0.15, 0.2) is 0 Å². The summed E-state index contributed by atoms with van der Waals surface area (Å²) in [6.45, 7) is 0.326. The zero-order valence-corrected chi connectivity index (χ0v) is 19.5. The number of nitrogens with one attached hydrogen (secondary N) is 1. The van der Waals surface area contributed by atoms with E-state index in [1.165, 1.54) is 31.9 Å². The molecule has 3 N–H and O–H groups in total. The molecular formula is C26H41NO5. The zero-order chi connectivity index (χ0) is 22.9. The number of carbonyl (C=O) groups excluding carboxylic acids is 2. The normalized spacial score (nSPS) is 29.0. The maximum atomic E-state index is 11.9. The number of hydrogen-bond donors (Lipinski definition) is 3. The fraction of sp³-hybridized carbons (Fsp3) is 0.769. The molecule has 6 heteroatoms. The number of aliphatic hydroxyl groups is 2. The molecule has 6 nitrogen and oxygen atoms in total. The first-order chi connectivity index (χ1) is 15.5. The van der Waals surface area contributed by atoms with Gasteiger partial charge in [0, 0.05) is 18.9 Å². The summed E-state index contributed by atoms with van der Waals surface area (Å²) >= 11 is 0. The lowest BCUT2D eigenvalue weighted by molar-refractivity contribution is -0.140. The molecule has 0 aromatic rings. The SMILES string of the molecule is COC(=O)CCNC(=O)CCCCC1=C[C@H]2C[C@@H](O)[C@H](C=C[C@@H](O)C3CCCCC3)[C@H]2C1. The van der Waals surface area contributed by atoms with Crippen LogP contribution in [-0.4, -0.2) is 48.0 Å². The van der Waals surface area contributed by atoms with Crippen LogP contribution in [0.3, 0.4) is 0 Å². The molecule has 0 aliphatic heterocycles. The Morgan fingerprint density at radius 2 is 2.00 bits per heavy atom. The Hall–Kier alpha value is -1.66. The van der Waals surface area contributed by atoms with Crippen LogP contribution < -0.4 is 5.32 Å². The minimum absolute atomic E-state index is 0.0176. The number of allylic oxidation sites excluding steroid dienone is 2. The second-order valence-electron chi connectivity index (χ2n) is 9.89. The smallest absolute Gasteiger partial charge is 0.307 e. The Morgan fingerprint density at radius 3 is 2.75 bits per heavy atom. The van der Waals surface area contributed by atoms with Crippen LogP contribution >= 0.6 is 0 Å². The monoisotopic (exact) mass is 447 g/mol. The van der Waals surface area contributed by atoms with Crippen molar-refractivity contribution in [1.82, 2.24) is 5.32 Å². The Bertz CT molecular complexity index is 682. The van der Waals surface area contributed by atoms with Crippen molar-refractivity contribution in [3.05, 3.63) is 23.8 Å². The van der Waals surface area contributed by atoms with Gasteiger partial charge in [-0.05, 0) is 62.7 Å². The molecule has 1 amide bonds. The van der Waals surface area contributed by atoms with Gasteiger partial charge in [0.1, 0.15) is 0 Å². The Morgan fingerprint density at radius 1 is 1.22 bits per heavy atom. The molecule has 0 saturated heterocycles. The molecule has 0 aromatic carbocycles. The lowest BCUT2D eigenvalue weighted by Gasteiger charge is -2.25. The predicted molar refractivity (Wildman–Crippen MR) is 124 cm³/mol. The van der Waals surface area contributed by atoms with Crippen LogP contribution in [0.4, 0.5) is 0 Å². The van der Waals surface area contributed by atoms with Crippen LogP contribution in [-0.2, 0) is 14.3 Å². The molecule has 0 unspecified atom stereocenters. The van der Waals surface area contributed by atoms with Gasteiger partial charge in [0.2, 0.25) is 5.91 Å². The van der Waals surface area contributed by atoms with E-state index in [4.69, 9.17) is 0 Å². The highest BCUT2D eigenvalue weighted by atomic mass is 16.5. The summed E-state index contributed by atoms with van der Waals surface area (Å²) in [5, 5.41) is 23.9. The number of amides is 1. The molecule has 0 radical (unpaired) electrons. The molecule has 3 aliphatic carbocycles. The van der Waals surface area contributed by atoms with E-state index in [2.05, 4.69) is 22.2 Å². The molecule has 0 spiro atoms. The number of methoxy groups -OCH3 is 1. The molecule has 2 saturated carbocycles. The van der Waals surface area contributed by atoms with Gasteiger partial charge in [-0.1, -0.05) is 43.1 Å².